The predicted octanol–water partition coefficient (Wildman–Crippen LogP) is 2.84. The van der Waals surface area contributed by atoms with Gasteiger partial charge in [0.25, 0.3) is 0 Å². The molecule has 0 radical (unpaired) electrons. The first-order valence-electron chi connectivity index (χ1n) is 8.02. The number of nitrogens with zero attached hydrogens (tertiary/aromatic N) is 2. The molecule has 0 spiro atoms. The molecule has 1 saturated carbocycles. The first kappa shape index (κ1) is 15.5. The molecule has 0 atom stereocenters. The zero-order chi connectivity index (χ0) is 14.2. The van der Waals surface area contributed by atoms with Gasteiger partial charge in [0.15, 0.2) is 0 Å². The number of aromatic nitrogens is 2. The maximum atomic E-state index is 5.05. The Kier molecular flexibility index (Phi) is 6.54. The van der Waals surface area contributed by atoms with Gasteiger partial charge in [-0.1, -0.05) is 26.2 Å². The van der Waals surface area contributed by atoms with E-state index < -0.39 is 0 Å². The molecule has 0 aliphatic heterocycles. The Hall–Kier alpha value is -0.870. The number of hydrogen-bond donors (Lipinski definition) is 1. The smallest absolute Gasteiger partial charge is 0.0948 e. The third-order valence-corrected chi connectivity index (χ3v) is 4.59. The lowest BCUT2D eigenvalue weighted by atomic mass is 9.81. The van der Waals surface area contributed by atoms with Gasteiger partial charge in [-0.15, -0.1) is 0 Å². The van der Waals surface area contributed by atoms with Gasteiger partial charge in [-0.3, -0.25) is 0 Å². The molecular weight excluding hydrogens is 250 g/mol. The van der Waals surface area contributed by atoms with E-state index in [2.05, 4.69) is 21.8 Å². The van der Waals surface area contributed by atoms with Gasteiger partial charge in [0, 0.05) is 32.9 Å². The Morgan fingerprint density at radius 3 is 2.75 bits per heavy atom. The fourth-order valence-electron chi connectivity index (χ4n) is 3.15. The second-order valence-electron chi connectivity index (χ2n) is 6.00. The van der Waals surface area contributed by atoms with Crippen LogP contribution >= 0.6 is 0 Å². The summed E-state index contributed by atoms with van der Waals surface area (Å²) in [7, 11) is 1.73. The van der Waals surface area contributed by atoms with Crippen molar-refractivity contribution in [3.8, 4) is 0 Å². The maximum Gasteiger partial charge on any atom is 0.0948 e. The number of methoxy groups -OCH3 is 1. The average Bonchev–Trinajstić information content (AvgIpc) is 2.92. The van der Waals surface area contributed by atoms with Crippen LogP contribution in [0.4, 0.5) is 0 Å². The highest BCUT2D eigenvalue weighted by Gasteiger charge is 2.20. The highest BCUT2D eigenvalue weighted by molar-refractivity contribution is 4.98. The van der Waals surface area contributed by atoms with Crippen LogP contribution in [0.25, 0.3) is 0 Å². The Balaban J connectivity index is 1.77. The van der Waals surface area contributed by atoms with Crippen molar-refractivity contribution in [2.24, 2.45) is 11.8 Å². The first-order chi connectivity index (χ1) is 9.83. The van der Waals surface area contributed by atoms with Crippen molar-refractivity contribution in [1.82, 2.24) is 14.9 Å². The van der Waals surface area contributed by atoms with Crippen molar-refractivity contribution < 1.29 is 4.74 Å². The lowest BCUT2D eigenvalue weighted by Gasteiger charge is -2.28. The Morgan fingerprint density at radius 2 is 2.05 bits per heavy atom. The quantitative estimate of drug-likeness (QED) is 0.744. The normalized spacial score (nSPS) is 23.1. The van der Waals surface area contributed by atoms with Crippen LogP contribution in [-0.4, -0.2) is 29.8 Å². The van der Waals surface area contributed by atoms with E-state index in [9.17, 15) is 0 Å². The van der Waals surface area contributed by atoms with Crippen molar-refractivity contribution >= 4 is 0 Å². The lowest BCUT2D eigenvalue weighted by Crippen LogP contribution is -2.23. The van der Waals surface area contributed by atoms with E-state index >= 15 is 0 Å². The number of imidazole rings is 1. The monoisotopic (exact) mass is 279 g/mol. The third-order valence-electron chi connectivity index (χ3n) is 4.59. The summed E-state index contributed by atoms with van der Waals surface area (Å²) < 4.78 is 7.38. The molecule has 20 heavy (non-hydrogen) atoms. The van der Waals surface area contributed by atoms with Crippen LogP contribution < -0.4 is 5.32 Å². The Morgan fingerprint density at radius 1 is 1.30 bits per heavy atom. The van der Waals surface area contributed by atoms with E-state index in [0.717, 1.165) is 38.1 Å². The van der Waals surface area contributed by atoms with E-state index in [0.29, 0.717) is 0 Å². The summed E-state index contributed by atoms with van der Waals surface area (Å²) in [4.78, 5) is 4.31. The van der Waals surface area contributed by atoms with Crippen LogP contribution in [-0.2, 0) is 17.8 Å². The summed E-state index contributed by atoms with van der Waals surface area (Å²) in [5.74, 6) is 1.81. The van der Waals surface area contributed by atoms with Crippen molar-refractivity contribution in [3.05, 3.63) is 18.2 Å². The summed E-state index contributed by atoms with van der Waals surface area (Å²) in [5.41, 5.74) is 1.29. The first-order valence-corrected chi connectivity index (χ1v) is 8.02. The fourth-order valence-corrected chi connectivity index (χ4v) is 3.15. The zero-order valence-electron chi connectivity index (χ0n) is 13.0. The summed E-state index contributed by atoms with van der Waals surface area (Å²) in [6, 6.07) is 0. The van der Waals surface area contributed by atoms with Gasteiger partial charge >= 0.3 is 0 Å². The standard InChI is InChI=1S/C16H29N3O/c1-3-14-4-6-15(7-5-14)12-19-13-18-11-16(19)10-17-8-9-20-2/h11,13-15,17H,3-10,12H2,1-2H3. The number of hydrogen-bond acceptors (Lipinski definition) is 3. The molecule has 0 bridgehead atoms. The van der Waals surface area contributed by atoms with Gasteiger partial charge in [0.1, 0.15) is 0 Å². The van der Waals surface area contributed by atoms with Crippen LogP contribution in [0.5, 0.6) is 0 Å². The SMILES string of the molecule is CCC1CCC(Cn2cncc2CNCCOC)CC1. The molecule has 0 saturated heterocycles. The molecule has 1 aromatic rings. The number of rotatable bonds is 8. The van der Waals surface area contributed by atoms with Gasteiger partial charge < -0.3 is 14.6 Å². The van der Waals surface area contributed by atoms with Gasteiger partial charge in [-0.2, -0.15) is 0 Å². The highest BCUT2D eigenvalue weighted by Crippen LogP contribution is 2.31. The van der Waals surface area contributed by atoms with Crippen LogP contribution in [0.3, 0.4) is 0 Å². The molecule has 2 rings (SSSR count). The Labute approximate surface area is 122 Å². The molecule has 4 heteroatoms. The summed E-state index contributed by atoms with van der Waals surface area (Å²) >= 11 is 0. The van der Waals surface area contributed by atoms with Gasteiger partial charge in [-0.05, 0) is 24.7 Å². The average molecular weight is 279 g/mol. The van der Waals surface area contributed by atoms with Gasteiger partial charge in [-0.25, -0.2) is 4.98 Å². The minimum absolute atomic E-state index is 0.759. The molecule has 1 aliphatic rings. The summed E-state index contributed by atoms with van der Waals surface area (Å²) in [6.45, 7) is 5.99. The number of nitrogens with one attached hydrogen (secondary N) is 1. The molecule has 1 N–H and O–H groups in total. The largest absolute Gasteiger partial charge is 0.383 e. The highest BCUT2D eigenvalue weighted by atomic mass is 16.5. The molecule has 1 aromatic heterocycles. The van der Waals surface area contributed by atoms with Gasteiger partial charge in [0.05, 0.1) is 18.6 Å². The topological polar surface area (TPSA) is 39.1 Å². The molecule has 1 heterocycles. The molecule has 0 unspecified atom stereocenters. The fraction of sp³-hybridized carbons (Fsp3) is 0.812. The minimum atomic E-state index is 0.759. The van der Waals surface area contributed by atoms with Crippen LogP contribution in [0, 0.1) is 11.8 Å². The van der Waals surface area contributed by atoms with Crippen molar-refractivity contribution in [2.75, 3.05) is 20.3 Å². The second kappa shape index (κ2) is 8.42. The zero-order valence-corrected chi connectivity index (χ0v) is 13.0. The van der Waals surface area contributed by atoms with E-state index in [4.69, 9.17) is 4.74 Å². The molecule has 0 aromatic carbocycles. The summed E-state index contributed by atoms with van der Waals surface area (Å²) in [5, 5.41) is 3.40. The molecule has 1 fully saturated rings. The third kappa shape index (κ3) is 4.60. The molecular formula is C16H29N3O. The van der Waals surface area contributed by atoms with Crippen molar-refractivity contribution in [3.63, 3.8) is 0 Å². The Bertz CT molecular complexity index is 370. The second-order valence-corrected chi connectivity index (χ2v) is 6.00. The molecule has 0 amide bonds. The summed E-state index contributed by atoms with van der Waals surface area (Å²) in [6.07, 6.45) is 10.9. The molecule has 4 nitrogen and oxygen atoms in total. The van der Waals surface area contributed by atoms with Gasteiger partial charge in [0.2, 0.25) is 0 Å². The number of ether oxygens (including phenoxy) is 1. The van der Waals surface area contributed by atoms with E-state index in [-0.39, 0.29) is 0 Å². The molecule has 1 aliphatic carbocycles. The van der Waals surface area contributed by atoms with Crippen LogP contribution in [0.1, 0.15) is 44.7 Å². The van der Waals surface area contributed by atoms with E-state index in [1.807, 2.05) is 12.5 Å². The lowest BCUT2D eigenvalue weighted by molar-refractivity contribution is 0.198. The van der Waals surface area contributed by atoms with E-state index in [1.54, 1.807) is 7.11 Å². The van der Waals surface area contributed by atoms with E-state index in [1.165, 1.54) is 37.8 Å². The van der Waals surface area contributed by atoms with Crippen molar-refractivity contribution in [2.45, 2.75) is 52.1 Å². The molecule has 114 valence electrons. The van der Waals surface area contributed by atoms with Crippen LogP contribution in [0.2, 0.25) is 0 Å². The predicted molar refractivity (Wildman–Crippen MR) is 81.5 cm³/mol. The van der Waals surface area contributed by atoms with Crippen molar-refractivity contribution in [1.29, 1.82) is 0 Å². The van der Waals surface area contributed by atoms with Crippen LogP contribution in [0.15, 0.2) is 12.5 Å². The minimum Gasteiger partial charge on any atom is -0.383 e. The maximum absolute atomic E-state index is 5.05.